The Balaban J connectivity index is 1.44. The third-order valence-corrected chi connectivity index (χ3v) is 6.45. The molecule has 3 rings (SSSR count). The predicted molar refractivity (Wildman–Crippen MR) is 103 cm³/mol. The third kappa shape index (κ3) is 5.06. The first-order chi connectivity index (χ1) is 13.0. The van der Waals surface area contributed by atoms with Crippen molar-refractivity contribution in [3.63, 3.8) is 0 Å². The van der Waals surface area contributed by atoms with Gasteiger partial charge in [-0.05, 0) is 62.4 Å². The van der Waals surface area contributed by atoms with Gasteiger partial charge in [0.1, 0.15) is 6.10 Å². The lowest BCUT2D eigenvalue weighted by Gasteiger charge is -2.30. The molecule has 4 atom stereocenters. The van der Waals surface area contributed by atoms with Crippen molar-refractivity contribution in [2.75, 3.05) is 13.7 Å². The van der Waals surface area contributed by atoms with Crippen molar-refractivity contribution >= 4 is 12.1 Å². The van der Waals surface area contributed by atoms with E-state index in [0.717, 1.165) is 38.5 Å². The van der Waals surface area contributed by atoms with Gasteiger partial charge in [-0.25, -0.2) is 4.79 Å². The lowest BCUT2D eigenvalue weighted by atomic mass is 9.78. The van der Waals surface area contributed by atoms with Gasteiger partial charge in [0.2, 0.25) is 5.91 Å². The van der Waals surface area contributed by atoms with Crippen LogP contribution in [0.3, 0.4) is 0 Å². The number of allylic oxidation sites excluding steroid dienone is 1. The summed E-state index contributed by atoms with van der Waals surface area (Å²) >= 11 is 0. The molecule has 1 N–H and O–H groups in total. The molecule has 3 aliphatic rings. The van der Waals surface area contributed by atoms with E-state index >= 15 is 0 Å². The number of amides is 1. The average molecular weight is 373 g/mol. The lowest BCUT2D eigenvalue weighted by molar-refractivity contribution is -0.130. The fraction of sp³-hybridized carbons (Fsp3) is 0.727. The molecule has 0 spiro atoms. The molecule has 5 heteroatoms. The number of fused-ring (bicyclic) bond motifs is 1. The van der Waals surface area contributed by atoms with Gasteiger partial charge in [0.05, 0.1) is 6.61 Å². The highest BCUT2D eigenvalue weighted by atomic mass is 16.7. The molecule has 1 saturated carbocycles. The number of carbonyl (C=O) groups is 2. The van der Waals surface area contributed by atoms with Crippen LogP contribution in [0.15, 0.2) is 12.2 Å². The van der Waals surface area contributed by atoms with Gasteiger partial charge in [-0.3, -0.25) is 4.79 Å². The third-order valence-electron chi connectivity index (χ3n) is 6.45. The highest BCUT2D eigenvalue weighted by molar-refractivity contribution is 5.81. The van der Waals surface area contributed by atoms with Crippen LogP contribution < -0.4 is 5.32 Å². The van der Waals surface area contributed by atoms with E-state index in [0.29, 0.717) is 37.2 Å². The molecule has 0 saturated heterocycles. The first kappa shape index (κ1) is 19.8. The maximum atomic E-state index is 12.2. The zero-order valence-electron chi connectivity index (χ0n) is 16.5. The molecule has 0 aromatic heterocycles. The van der Waals surface area contributed by atoms with Crippen LogP contribution in [0.1, 0.15) is 58.3 Å². The summed E-state index contributed by atoms with van der Waals surface area (Å²) in [6, 6.07) is 0. The van der Waals surface area contributed by atoms with Gasteiger partial charge in [-0.1, -0.05) is 13.0 Å². The summed E-state index contributed by atoms with van der Waals surface area (Å²) in [5, 5.41) is 2.75. The fourth-order valence-corrected chi connectivity index (χ4v) is 4.56. The van der Waals surface area contributed by atoms with Crippen LogP contribution in [0, 0.1) is 35.0 Å². The Labute approximate surface area is 162 Å². The minimum atomic E-state index is -0.595. The summed E-state index contributed by atoms with van der Waals surface area (Å²) in [6.45, 7) is 2.42. The summed E-state index contributed by atoms with van der Waals surface area (Å²) in [6.07, 6.45) is 10.1. The quantitative estimate of drug-likeness (QED) is 0.462. The van der Waals surface area contributed by atoms with Gasteiger partial charge in [0, 0.05) is 25.3 Å². The summed E-state index contributed by atoms with van der Waals surface area (Å²) in [5.41, 5.74) is -0.423. The number of carbonyl (C=O) groups excluding carboxylic acids is 2. The van der Waals surface area contributed by atoms with Crippen LogP contribution in [0.5, 0.6) is 0 Å². The minimum absolute atomic E-state index is 0.0475. The van der Waals surface area contributed by atoms with E-state index in [1.807, 2.05) is 19.1 Å². The maximum absolute atomic E-state index is 12.2. The molecule has 0 aromatic rings. The summed E-state index contributed by atoms with van der Waals surface area (Å²) in [7, 11) is 1.67. The molecule has 1 amide bonds. The van der Waals surface area contributed by atoms with Crippen LogP contribution in [-0.2, 0) is 14.3 Å². The van der Waals surface area contributed by atoms with E-state index in [9.17, 15) is 9.59 Å². The van der Waals surface area contributed by atoms with E-state index in [4.69, 9.17) is 9.47 Å². The molecular weight excluding hydrogens is 342 g/mol. The second kappa shape index (κ2) is 8.82. The number of rotatable bonds is 4. The van der Waals surface area contributed by atoms with Crippen molar-refractivity contribution in [1.29, 1.82) is 0 Å². The van der Waals surface area contributed by atoms with Crippen LogP contribution in [-0.4, -0.2) is 31.8 Å². The Hall–Kier alpha value is -1.96. The van der Waals surface area contributed by atoms with Crippen molar-refractivity contribution in [2.45, 2.75) is 64.4 Å². The molecule has 0 heterocycles. The summed E-state index contributed by atoms with van der Waals surface area (Å²) < 4.78 is 10.9. The Morgan fingerprint density at radius 1 is 1.15 bits per heavy atom. The van der Waals surface area contributed by atoms with Gasteiger partial charge in [0.15, 0.2) is 0 Å². The molecule has 0 aromatic carbocycles. The molecule has 27 heavy (non-hydrogen) atoms. The molecule has 1 fully saturated rings. The standard InChI is InChI=1S/C22H31NO4/c1-22(20(24)23-2)13-8-7-9-16(12-14-22)27-21(25)26-15-19-17-10-5-3-4-6-11-18(17)19/h7,9,16-19H,5-6,8,10-15H2,1-2H3,(H,23,24)/b9-7+. The fourth-order valence-electron chi connectivity index (χ4n) is 4.56. The van der Waals surface area contributed by atoms with E-state index in [-0.39, 0.29) is 12.0 Å². The molecule has 3 aliphatic carbocycles. The number of ether oxygens (including phenoxy) is 2. The zero-order valence-corrected chi connectivity index (χ0v) is 16.5. The first-order valence-corrected chi connectivity index (χ1v) is 10.2. The zero-order chi connectivity index (χ0) is 19.3. The second-order valence-corrected chi connectivity index (χ2v) is 8.29. The predicted octanol–water partition coefficient (Wildman–Crippen LogP) is 3.83. The number of hydrogen-bond acceptors (Lipinski definition) is 4. The van der Waals surface area contributed by atoms with Crippen molar-refractivity contribution in [3.05, 3.63) is 12.2 Å². The van der Waals surface area contributed by atoms with Crippen molar-refractivity contribution < 1.29 is 19.1 Å². The topological polar surface area (TPSA) is 64.6 Å². The first-order valence-electron chi connectivity index (χ1n) is 10.2. The average Bonchev–Trinajstić information content (AvgIpc) is 3.28. The summed E-state index contributed by atoms with van der Waals surface area (Å²) in [5.74, 6) is 8.21. The van der Waals surface area contributed by atoms with Gasteiger partial charge in [0.25, 0.3) is 0 Å². The van der Waals surface area contributed by atoms with Crippen LogP contribution in [0.2, 0.25) is 0 Å². The van der Waals surface area contributed by atoms with Gasteiger partial charge < -0.3 is 14.8 Å². The second-order valence-electron chi connectivity index (χ2n) is 8.29. The normalized spacial score (nSPS) is 36.2. The van der Waals surface area contributed by atoms with Gasteiger partial charge >= 0.3 is 6.16 Å². The molecule has 0 radical (unpaired) electrons. The Morgan fingerprint density at radius 3 is 2.52 bits per heavy atom. The Bertz CT molecular complexity index is 628. The van der Waals surface area contributed by atoms with Crippen LogP contribution in [0.25, 0.3) is 0 Å². The SMILES string of the molecule is CNC(=O)C1(C)CC/C=C/C(OC(=O)OCC2C3CCC#CCCC32)CC1. The molecule has 0 aliphatic heterocycles. The van der Waals surface area contributed by atoms with E-state index in [2.05, 4.69) is 17.2 Å². The van der Waals surface area contributed by atoms with Crippen molar-refractivity contribution in [1.82, 2.24) is 5.32 Å². The van der Waals surface area contributed by atoms with E-state index < -0.39 is 11.6 Å². The summed E-state index contributed by atoms with van der Waals surface area (Å²) in [4.78, 5) is 24.3. The highest BCUT2D eigenvalue weighted by Crippen LogP contribution is 2.52. The number of hydrogen-bond donors (Lipinski definition) is 1. The maximum Gasteiger partial charge on any atom is 0.508 e. The highest BCUT2D eigenvalue weighted by Gasteiger charge is 2.49. The smallest absolute Gasteiger partial charge is 0.434 e. The molecule has 4 unspecified atom stereocenters. The van der Waals surface area contributed by atoms with Gasteiger partial charge in [-0.15, -0.1) is 11.8 Å². The lowest BCUT2D eigenvalue weighted by Crippen LogP contribution is -2.38. The minimum Gasteiger partial charge on any atom is -0.434 e. The van der Waals surface area contributed by atoms with E-state index in [1.54, 1.807) is 7.05 Å². The molecule has 0 bridgehead atoms. The monoisotopic (exact) mass is 373 g/mol. The van der Waals surface area contributed by atoms with Crippen molar-refractivity contribution in [2.24, 2.45) is 23.2 Å². The van der Waals surface area contributed by atoms with Crippen molar-refractivity contribution in [3.8, 4) is 11.8 Å². The van der Waals surface area contributed by atoms with E-state index in [1.165, 1.54) is 0 Å². The van der Waals surface area contributed by atoms with Crippen LogP contribution >= 0.6 is 0 Å². The number of nitrogens with one attached hydrogen (secondary N) is 1. The van der Waals surface area contributed by atoms with Gasteiger partial charge in [-0.2, -0.15) is 0 Å². The molecule has 148 valence electrons. The molecular formula is C22H31NO4. The largest absolute Gasteiger partial charge is 0.508 e. The molecule has 5 nitrogen and oxygen atoms in total. The Kier molecular flexibility index (Phi) is 6.46. The Morgan fingerprint density at radius 2 is 1.85 bits per heavy atom. The van der Waals surface area contributed by atoms with Crippen LogP contribution in [0.4, 0.5) is 4.79 Å².